The lowest BCUT2D eigenvalue weighted by atomic mass is 10.0. The highest BCUT2D eigenvalue weighted by atomic mass is 32.2. The molecule has 2 saturated heterocycles. The van der Waals surface area contributed by atoms with Gasteiger partial charge in [0, 0.05) is 17.7 Å². The normalized spacial score (nSPS) is 22.7. The van der Waals surface area contributed by atoms with Crippen LogP contribution in [0.5, 0.6) is 0 Å². The Morgan fingerprint density at radius 3 is 2.80 bits per heavy atom. The Labute approximate surface area is 178 Å². The van der Waals surface area contributed by atoms with Crippen LogP contribution in [-0.4, -0.2) is 60.7 Å². The molecule has 2 aliphatic heterocycles. The summed E-state index contributed by atoms with van der Waals surface area (Å²) >= 11 is 1.69. The van der Waals surface area contributed by atoms with Crippen LogP contribution in [0.2, 0.25) is 0 Å². The number of nitrogens with one attached hydrogen (secondary N) is 3. The SMILES string of the molecule is CC1(C)CN2C(=O)C(NC(=O)C(NC(=O)CCc3cnn[nH]3)c3ccccc3)C2S1. The fraction of sp³-hybridized carbons (Fsp3) is 0.450. The minimum absolute atomic E-state index is 0.0334. The van der Waals surface area contributed by atoms with E-state index in [-0.39, 0.29) is 34.3 Å². The number of carbonyl (C=O) groups is 3. The topological polar surface area (TPSA) is 120 Å². The Balaban J connectivity index is 1.43. The van der Waals surface area contributed by atoms with Gasteiger partial charge in [0.1, 0.15) is 17.5 Å². The number of hydrogen-bond acceptors (Lipinski definition) is 6. The Morgan fingerprint density at radius 1 is 1.33 bits per heavy atom. The third-order valence-corrected chi connectivity index (χ3v) is 6.75. The molecule has 0 bridgehead atoms. The molecule has 0 aliphatic carbocycles. The van der Waals surface area contributed by atoms with Gasteiger partial charge in [0.2, 0.25) is 17.7 Å². The van der Waals surface area contributed by atoms with E-state index in [0.717, 1.165) is 5.69 Å². The molecule has 9 nitrogen and oxygen atoms in total. The van der Waals surface area contributed by atoms with E-state index >= 15 is 0 Å². The van der Waals surface area contributed by atoms with E-state index in [1.807, 2.05) is 18.2 Å². The summed E-state index contributed by atoms with van der Waals surface area (Å²) < 4.78 is -0.0334. The van der Waals surface area contributed by atoms with Gasteiger partial charge in [0.25, 0.3) is 0 Å². The van der Waals surface area contributed by atoms with Crippen molar-refractivity contribution in [2.75, 3.05) is 6.54 Å². The lowest BCUT2D eigenvalue weighted by Gasteiger charge is -2.42. The molecule has 1 aromatic carbocycles. The van der Waals surface area contributed by atoms with Crippen LogP contribution in [0.4, 0.5) is 0 Å². The van der Waals surface area contributed by atoms with Gasteiger partial charge in [-0.05, 0) is 25.8 Å². The lowest BCUT2D eigenvalue weighted by molar-refractivity contribution is -0.148. The number of thioether (sulfide) groups is 1. The predicted molar refractivity (Wildman–Crippen MR) is 111 cm³/mol. The van der Waals surface area contributed by atoms with Crippen molar-refractivity contribution < 1.29 is 14.4 Å². The number of amides is 3. The van der Waals surface area contributed by atoms with Crippen LogP contribution < -0.4 is 10.6 Å². The molecule has 158 valence electrons. The molecule has 0 radical (unpaired) electrons. The summed E-state index contributed by atoms with van der Waals surface area (Å²) in [5.41, 5.74) is 1.40. The molecule has 30 heavy (non-hydrogen) atoms. The number of rotatable bonds is 7. The number of hydrogen-bond donors (Lipinski definition) is 3. The van der Waals surface area contributed by atoms with E-state index in [0.29, 0.717) is 18.5 Å². The van der Waals surface area contributed by atoms with Gasteiger partial charge in [0.05, 0.1) is 11.9 Å². The quantitative estimate of drug-likeness (QED) is 0.561. The number of benzene rings is 1. The first-order valence-electron chi connectivity index (χ1n) is 9.82. The van der Waals surface area contributed by atoms with Crippen LogP contribution in [0.25, 0.3) is 0 Å². The number of aromatic amines is 1. The molecule has 3 N–H and O–H groups in total. The van der Waals surface area contributed by atoms with Gasteiger partial charge in [-0.1, -0.05) is 35.5 Å². The number of aryl methyl sites for hydroxylation is 1. The maximum absolute atomic E-state index is 13.1. The highest BCUT2D eigenvalue weighted by Crippen LogP contribution is 2.46. The van der Waals surface area contributed by atoms with Crippen molar-refractivity contribution in [1.29, 1.82) is 0 Å². The number of nitrogens with zero attached hydrogens (tertiary/aromatic N) is 3. The van der Waals surface area contributed by atoms with Crippen LogP contribution in [0.15, 0.2) is 36.5 Å². The minimum atomic E-state index is -0.875. The molecule has 3 atom stereocenters. The van der Waals surface area contributed by atoms with Gasteiger partial charge in [-0.2, -0.15) is 0 Å². The van der Waals surface area contributed by atoms with E-state index in [4.69, 9.17) is 0 Å². The summed E-state index contributed by atoms with van der Waals surface area (Å²) in [6.45, 7) is 4.85. The second-order valence-electron chi connectivity index (χ2n) is 8.11. The molecule has 3 amide bonds. The number of H-pyrrole nitrogens is 1. The number of β-lactam (4-membered cyclic amide) rings is 1. The Hall–Kier alpha value is -2.88. The van der Waals surface area contributed by atoms with Crippen molar-refractivity contribution in [2.24, 2.45) is 0 Å². The van der Waals surface area contributed by atoms with Gasteiger partial charge >= 0.3 is 0 Å². The van der Waals surface area contributed by atoms with E-state index in [2.05, 4.69) is 39.9 Å². The number of carbonyl (C=O) groups excluding carboxylic acids is 3. The Bertz CT molecular complexity index is 933. The predicted octanol–water partition coefficient (Wildman–Crippen LogP) is 0.773. The number of fused-ring (bicyclic) bond motifs is 1. The van der Waals surface area contributed by atoms with E-state index in [1.165, 1.54) is 0 Å². The molecule has 4 rings (SSSR count). The van der Waals surface area contributed by atoms with Crippen LogP contribution in [0.3, 0.4) is 0 Å². The molecule has 0 spiro atoms. The van der Waals surface area contributed by atoms with Gasteiger partial charge in [0.15, 0.2) is 0 Å². The van der Waals surface area contributed by atoms with E-state index in [9.17, 15) is 14.4 Å². The van der Waals surface area contributed by atoms with Gasteiger partial charge in [-0.3, -0.25) is 19.5 Å². The Morgan fingerprint density at radius 2 is 2.10 bits per heavy atom. The zero-order valence-electron chi connectivity index (χ0n) is 16.8. The molecular weight excluding hydrogens is 404 g/mol. The average Bonchev–Trinajstić information content (AvgIpc) is 3.35. The summed E-state index contributed by atoms with van der Waals surface area (Å²) in [6, 6.07) is 7.59. The van der Waals surface area contributed by atoms with Crippen molar-refractivity contribution >= 4 is 29.5 Å². The lowest BCUT2D eigenvalue weighted by Crippen LogP contribution is -2.68. The van der Waals surface area contributed by atoms with Gasteiger partial charge < -0.3 is 15.5 Å². The van der Waals surface area contributed by atoms with Crippen molar-refractivity contribution in [1.82, 2.24) is 30.9 Å². The van der Waals surface area contributed by atoms with Crippen LogP contribution in [0.1, 0.15) is 37.6 Å². The third kappa shape index (κ3) is 4.18. The van der Waals surface area contributed by atoms with E-state index in [1.54, 1.807) is 35.0 Å². The fourth-order valence-electron chi connectivity index (χ4n) is 3.74. The average molecular weight is 429 g/mol. The maximum Gasteiger partial charge on any atom is 0.249 e. The molecule has 0 saturated carbocycles. The highest BCUT2D eigenvalue weighted by Gasteiger charge is 2.56. The molecular formula is C20H24N6O3S. The van der Waals surface area contributed by atoms with Crippen molar-refractivity contribution in [2.45, 2.75) is 48.9 Å². The summed E-state index contributed by atoms with van der Waals surface area (Å²) in [6.07, 6.45) is 2.18. The molecule has 3 unspecified atom stereocenters. The van der Waals surface area contributed by atoms with E-state index < -0.39 is 12.1 Å². The zero-order chi connectivity index (χ0) is 21.3. The van der Waals surface area contributed by atoms with Crippen LogP contribution in [0, 0.1) is 0 Å². The number of aromatic nitrogens is 3. The fourth-order valence-corrected chi connectivity index (χ4v) is 5.23. The molecule has 2 aliphatic rings. The summed E-state index contributed by atoms with van der Waals surface area (Å²) in [4.78, 5) is 39.9. The maximum atomic E-state index is 13.1. The molecule has 1 aromatic heterocycles. The highest BCUT2D eigenvalue weighted by molar-refractivity contribution is 8.01. The van der Waals surface area contributed by atoms with Gasteiger partial charge in [-0.15, -0.1) is 16.9 Å². The third-order valence-electron chi connectivity index (χ3n) is 5.22. The summed E-state index contributed by atoms with van der Waals surface area (Å²) in [7, 11) is 0. The first-order valence-corrected chi connectivity index (χ1v) is 10.7. The second kappa shape index (κ2) is 8.10. The van der Waals surface area contributed by atoms with Crippen LogP contribution in [-0.2, 0) is 20.8 Å². The first kappa shape index (κ1) is 20.4. The molecule has 2 fully saturated rings. The van der Waals surface area contributed by atoms with Gasteiger partial charge in [-0.25, -0.2) is 0 Å². The largest absolute Gasteiger partial charge is 0.341 e. The van der Waals surface area contributed by atoms with Crippen molar-refractivity contribution in [3.05, 3.63) is 47.8 Å². The smallest absolute Gasteiger partial charge is 0.249 e. The first-order chi connectivity index (χ1) is 14.3. The molecule has 10 heteroatoms. The second-order valence-corrected chi connectivity index (χ2v) is 9.94. The monoisotopic (exact) mass is 428 g/mol. The van der Waals surface area contributed by atoms with Crippen molar-refractivity contribution in [3.8, 4) is 0 Å². The van der Waals surface area contributed by atoms with Crippen LogP contribution >= 0.6 is 11.8 Å². The minimum Gasteiger partial charge on any atom is -0.341 e. The summed E-state index contributed by atoms with van der Waals surface area (Å²) in [5.74, 6) is -0.732. The van der Waals surface area contributed by atoms with Crippen molar-refractivity contribution in [3.63, 3.8) is 0 Å². The summed E-state index contributed by atoms with van der Waals surface area (Å²) in [5, 5.41) is 15.6. The zero-order valence-corrected chi connectivity index (χ0v) is 17.6. The Kier molecular flexibility index (Phi) is 5.50. The standard InChI is InChI=1S/C20H24N6O3S/c1-20(2)11-26-18(29)16(19(26)30-20)23-17(28)15(12-6-4-3-5-7-12)22-14(27)9-8-13-10-21-25-24-13/h3-7,10,15-16,19H,8-9,11H2,1-2H3,(H,22,27)(H,23,28)(H,21,24,25). The molecule has 3 heterocycles. The molecule has 2 aromatic rings.